The zero-order chi connectivity index (χ0) is 26.1. The summed E-state index contributed by atoms with van der Waals surface area (Å²) < 4.78 is 0. The summed E-state index contributed by atoms with van der Waals surface area (Å²) in [5.74, 6) is 0.359. The van der Waals surface area contributed by atoms with Crippen LogP contribution in [0.25, 0.3) is 0 Å². The molecule has 1 N–H and O–H groups in total. The molecule has 0 aromatic heterocycles. The van der Waals surface area contributed by atoms with Gasteiger partial charge in [-0.2, -0.15) is 0 Å². The number of benzene rings is 3. The van der Waals surface area contributed by atoms with E-state index >= 15 is 0 Å². The minimum Gasteiger partial charge on any atom is -0.352 e. The van der Waals surface area contributed by atoms with Crippen LogP contribution >= 0.6 is 35.0 Å². The highest BCUT2D eigenvalue weighted by atomic mass is 35.5. The molecule has 1 atom stereocenters. The molecule has 3 aromatic carbocycles. The van der Waals surface area contributed by atoms with E-state index in [-0.39, 0.29) is 24.4 Å². The highest BCUT2D eigenvalue weighted by Crippen LogP contribution is 2.25. The molecule has 0 fully saturated rings. The van der Waals surface area contributed by atoms with Crippen LogP contribution in [0, 0.1) is 6.92 Å². The second-order valence-electron chi connectivity index (χ2n) is 9.05. The van der Waals surface area contributed by atoms with Gasteiger partial charge in [0.15, 0.2) is 0 Å². The number of thioether (sulfide) groups is 1. The maximum atomic E-state index is 13.6. The number of hydrogen-bond donors (Lipinski definition) is 1. The summed E-state index contributed by atoms with van der Waals surface area (Å²) in [6.07, 6.45) is 0.720. The maximum Gasteiger partial charge on any atom is 0.243 e. The number of halogens is 2. The van der Waals surface area contributed by atoms with Crippen molar-refractivity contribution in [2.24, 2.45) is 0 Å². The number of nitrogens with one attached hydrogen (secondary N) is 1. The van der Waals surface area contributed by atoms with Gasteiger partial charge in [-0.1, -0.05) is 77.3 Å². The number of nitrogens with zero attached hydrogens (tertiary/aromatic N) is 1. The summed E-state index contributed by atoms with van der Waals surface area (Å²) in [5.41, 5.74) is 3.00. The standard InChI is InChI=1S/C29H32Cl2N2O2S/c1-20(2)32-29(35)27(18-22-7-5-4-6-8-22)33(19-23-11-14-25(30)26(31)17-23)28(34)15-16-36-24-12-9-21(3)10-13-24/h4-14,17,20,27H,15-16,18-19H2,1-3H3,(H,32,35). The van der Waals surface area contributed by atoms with E-state index < -0.39 is 6.04 Å². The van der Waals surface area contributed by atoms with Crippen LogP contribution in [0.2, 0.25) is 10.0 Å². The van der Waals surface area contributed by atoms with Crippen LogP contribution in [0.5, 0.6) is 0 Å². The van der Waals surface area contributed by atoms with Crippen molar-refractivity contribution in [3.63, 3.8) is 0 Å². The maximum absolute atomic E-state index is 13.6. The molecule has 2 amide bonds. The van der Waals surface area contributed by atoms with Gasteiger partial charge in [-0.25, -0.2) is 0 Å². The Bertz CT molecular complexity index is 1150. The molecule has 0 aliphatic heterocycles. The van der Waals surface area contributed by atoms with Crippen molar-refractivity contribution in [2.45, 2.75) is 57.1 Å². The van der Waals surface area contributed by atoms with Crippen molar-refractivity contribution < 1.29 is 9.59 Å². The zero-order valence-corrected chi connectivity index (χ0v) is 23.2. The molecule has 0 bridgehead atoms. The number of carbonyl (C=O) groups excluding carboxylic acids is 2. The number of amides is 2. The summed E-state index contributed by atoms with van der Waals surface area (Å²) in [6, 6.07) is 22.6. The van der Waals surface area contributed by atoms with Gasteiger partial charge in [0.1, 0.15) is 6.04 Å². The van der Waals surface area contributed by atoms with Gasteiger partial charge >= 0.3 is 0 Å². The van der Waals surface area contributed by atoms with Crippen molar-refractivity contribution in [1.29, 1.82) is 0 Å². The first-order valence-corrected chi connectivity index (χ1v) is 13.7. The largest absolute Gasteiger partial charge is 0.352 e. The quantitative estimate of drug-likeness (QED) is 0.266. The Hall–Kier alpha value is -2.47. The molecule has 190 valence electrons. The first-order valence-electron chi connectivity index (χ1n) is 12.0. The molecule has 7 heteroatoms. The minimum atomic E-state index is -0.666. The molecule has 3 rings (SSSR count). The summed E-state index contributed by atoms with van der Waals surface area (Å²) >= 11 is 14.0. The van der Waals surface area contributed by atoms with Gasteiger partial charge < -0.3 is 10.2 Å². The second kappa shape index (κ2) is 13.7. The molecule has 0 radical (unpaired) electrons. The van der Waals surface area contributed by atoms with Gasteiger partial charge in [0, 0.05) is 36.1 Å². The average Bonchev–Trinajstić information content (AvgIpc) is 2.85. The van der Waals surface area contributed by atoms with Gasteiger partial charge in [0.2, 0.25) is 11.8 Å². The van der Waals surface area contributed by atoms with Crippen molar-refractivity contribution in [3.05, 3.63) is 99.5 Å². The van der Waals surface area contributed by atoms with Gasteiger partial charge in [0.25, 0.3) is 0 Å². The van der Waals surface area contributed by atoms with Crippen LogP contribution in [0.1, 0.15) is 37.0 Å². The Balaban J connectivity index is 1.86. The zero-order valence-electron chi connectivity index (χ0n) is 20.8. The molecule has 36 heavy (non-hydrogen) atoms. The second-order valence-corrected chi connectivity index (χ2v) is 11.0. The first-order chi connectivity index (χ1) is 17.2. The molecule has 0 heterocycles. The third-order valence-electron chi connectivity index (χ3n) is 5.64. The van der Waals surface area contributed by atoms with Gasteiger partial charge in [-0.3, -0.25) is 9.59 Å². The van der Waals surface area contributed by atoms with E-state index in [4.69, 9.17) is 23.2 Å². The molecule has 0 aliphatic rings. The van der Waals surface area contributed by atoms with Crippen molar-refractivity contribution >= 4 is 46.8 Å². The fourth-order valence-corrected chi connectivity index (χ4v) is 4.97. The van der Waals surface area contributed by atoms with Crippen LogP contribution in [0.3, 0.4) is 0 Å². The first kappa shape index (κ1) is 28.1. The summed E-state index contributed by atoms with van der Waals surface area (Å²) in [6.45, 7) is 6.14. The van der Waals surface area contributed by atoms with E-state index in [1.54, 1.807) is 28.8 Å². The van der Waals surface area contributed by atoms with Crippen molar-refractivity contribution in [2.75, 3.05) is 5.75 Å². The predicted molar refractivity (Wildman–Crippen MR) is 151 cm³/mol. The highest BCUT2D eigenvalue weighted by Gasteiger charge is 2.30. The van der Waals surface area contributed by atoms with Gasteiger partial charge in [0.05, 0.1) is 10.0 Å². The van der Waals surface area contributed by atoms with Crippen molar-refractivity contribution in [3.8, 4) is 0 Å². The average molecular weight is 544 g/mol. The third kappa shape index (κ3) is 8.58. The summed E-state index contributed by atoms with van der Waals surface area (Å²) in [7, 11) is 0. The predicted octanol–water partition coefficient (Wildman–Crippen LogP) is 6.95. The van der Waals surface area contributed by atoms with E-state index in [1.165, 1.54) is 5.56 Å². The third-order valence-corrected chi connectivity index (χ3v) is 7.40. The molecule has 0 aliphatic carbocycles. The summed E-state index contributed by atoms with van der Waals surface area (Å²) in [5, 5.41) is 3.88. The van der Waals surface area contributed by atoms with E-state index in [0.717, 1.165) is 16.0 Å². The number of hydrogen-bond acceptors (Lipinski definition) is 3. The monoisotopic (exact) mass is 542 g/mol. The lowest BCUT2D eigenvalue weighted by atomic mass is 10.0. The van der Waals surface area contributed by atoms with Crippen LogP contribution in [0.15, 0.2) is 77.7 Å². The Morgan fingerprint density at radius 1 is 0.917 bits per heavy atom. The Morgan fingerprint density at radius 3 is 2.25 bits per heavy atom. The van der Waals surface area contributed by atoms with E-state index in [1.807, 2.05) is 57.2 Å². The normalized spacial score (nSPS) is 11.8. The SMILES string of the molecule is Cc1ccc(SCCC(=O)N(Cc2ccc(Cl)c(Cl)c2)C(Cc2ccccc2)C(=O)NC(C)C)cc1. The number of aryl methyl sites for hydroxylation is 1. The minimum absolute atomic E-state index is 0.0465. The molecular formula is C29H32Cl2N2O2S. The lowest BCUT2D eigenvalue weighted by Gasteiger charge is -2.32. The van der Waals surface area contributed by atoms with Crippen LogP contribution in [0.4, 0.5) is 0 Å². The smallest absolute Gasteiger partial charge is 0.243 e. The molecular weight excluding hydrogens is 511 g/mol. The Kier molecular flexibility index (Phi) is 10.7. The van der Waals surface area contributed by atoms with E-state index in [9.17, 15) is 9.59 Å². The Morgan fingerprint density at radius 2 is 1.61 bits per heavy atom. The number of carbonyl (C=O) groups is 2. The van der Waals surface area contributed by atoms with Crippen LogP contribution in [-0.4, -0.2) is 34.6 Å². The van der Waals surface area contributed by atoms with E-state index in [0.29, 0.717) is 28.6 Å². The molecule has 1 unspecified atom stereocenters. The fourth-order valence-electron chi connectivity index (χ4n) is 3.80. The summed E-state index contributed by atoms with van der Waals surface area (Å²) in [4.78, 5) is 29.8. The van der Waals surface area contributed by atoms with E-state index in [2.05, 4.69) is 29.6 Å². The molecule has 0 spiro atoms. The molecule has 0 saturated heterocycles. The van der Waals surface area contributed by atoms with Crippen LogP contribution < -0.4 is 5.32 Å². The lowest BCUT2D eigenvalue weighted by Crippen LogP contribution is -2.51. The molecule has 4 nitrogen and oxygen atoms in total. The topological polar surface area (TPSA) is 49.4 Å². The number of rotatable bonds is 11. The lowest BCUT2D eigenvalue weighted by molar-refractivity contribution is -0.141. The van der Waals surface area contributed by atoms with Gasteiger partial charge in [-0.05, 0) is 56.2 Å². The molecule has 0 saturated carbocycles. The Labute approximate surface area is 228 Å². The highest BCUT2D eigenvalue weighted by molar-refractivity contribution is 7.99. The molecule has 3 aromatic rings. The fraction of sp³-hybridized carbons (Fsp3) is 0.310. The van der Waals surface area contributed by atoms with Crippen molar-refractivity contribution in [1.82, 2.24) is 10.2 Å². The van der Waals surface area contributed by atoms with Crippen LogP contribution in [-0.2, 0) is 22.6 Å². The van der Waals surface area contributed by atoms with Gasteiger partial charge in [-0.15, -0.1) is 11.8 Å².